The Labute approximate surface area is 116 Å². The van der Waals surface area contributed by atoms with E-state index in [1.54, 1.807) is 0 Å². The van der Waals surface area contributed by atoms with Crippen molar-refractivity contribution in [3.63, 3.8) is 0 Å². The summed E-state index contributed by atoms with van der Waals surface area (Å²) in [4.78, 5) is 14.9. The minimum Gasteiger partial charge on any atom is -0.338 e. The summed E-state index contributed by atoms with van der Waals surface area (Å²) in [6, 6.07) is 2.33. The number of hydrogen-bond acceptors (Lipinski definition) is 2. The van der Waals surface area contributed by atoms with Gasteiger partial charge in [0.25, 0.3) is 5.91 Å². The highest BCUT2D eigenvalue weighted by Gasteiger charge is 2.25. The van der Waals surface area contributed by atoms with Gasteiger partial charge in [-0.05, 0) is 50.8 Å². The smallest absolute Gasteiger partial charge is 0.263 e. The summed E-state index contributed by atoms with van der Waals surface area (Å²) < 4.78 is 1.94. The molecule has 0 aliphatic heterocycles. The van der Waals surface area contributed by atoms with Gasteiger partial charge in [0.15, 0.2) is 0 Å². The average Bonchev–Trinajstić information content (AvgIpc) is 2.87. The molecular formula is C11H13Br2NOS. The van der Waals surface area contributed by atoms with Crippen LogP contribution < -0.4 is 0 Å². The van der Waals surface area contributed by atoms with E-state index in [1.807, 2.05) is 18.0 Å². The van der Waals surface area contributed by atoms with Gasteiger partial charge in [-0.2, -0.15) is 0 Å². The van der Waals surface area contributed by atoms with Gasteiger partial charge in [-0.25, -0.2) is 0 Å². The molecule has 0 atom stereocenters. The van der Waals surface area contributed by atoms with Gasteiger partial charge in [0.2, 0.25) is 0 Å². The van der Waals surface area contributed by atoms with Crippen LogP contribution in [-0.2, 0) is 0 Å². The molecule has 1 saturated carbocycles. The number of halogens is 2. The van der Waals surface area contributed by atoms with E-state index in [1.165, 1.54) is 24.2 Å². The van der Waals surface area contributed by atoms with E-state index in [0.717, 1.165) is 26.0 Å². The maximum absolute atomic E-state index is 12.2. The first kappa shape index (κ1) is 12.6. The molecule has 1 aliphatic carbocycles. The maximum Gasteiger partial charge on any atom is 0.263 e. The standard InChI is InChI=1S/C11H13Br2NOS/c1-14(7-4-2-3-5-7)11(15)9-6-8(12)10(13)16-9/h6-7H,2-5H2,1H3. The molecule has 0 aromatic carbocycles. The third-order valence-corrected chi connectivity index (χ3v) is 6.29. The van der Waals surface area contributed by atoms with Crippen molar-refractivity contribution in [3.05, 3.63) is 19.2 Å². The Hall–Kier alpha value is 0.130. The predicted molar refractivity (Wildman–Crippen MR) is 74.1 cm³/mol. The minimum atomic E-state index is 0.142. The van der Waals surface area contributed by atoms with Gasteiger partial charge in [0.1, 0.15) is 0 Å². The Kier molecular flexibility index (Phi) is 4.08. The van der Waals surface area contributed by atoms with Crippen LogP contribution in [0.25, 0.3) is 0 Å². The summed E-state index contributed by atoms with van der Waals surface area (Å²) in [6.45, 7) is 0. The fourth-order valence-electron chi connectivity index (χ4n) is 2.08. The number of carbonyl (C=O) groups excluding carboxylic acids is 1. The second-order valence-electron chi connectivity index (χ2n) is 4.09. The lowest BCUT2D eigenvalue weighted by molar-refractivity contribution is 0.0740. The zero-order chi connectivity index (χ0) is 11.7. The van der Waals surface area contributed by atoms with E-state index >= 15 is 0 Å². The van der Waals surface area contributed by atoms with Crippen LogP contribution in [0.15, 0.2) is 14.3 Å². The van der Waals surface area contributed by atoms with Gasteiger partial charge < -0.3 is 4.90 Å². The second kappa shape index (κ2) is 5.19. The number of amides is 1. The molecule has 16 heavy (non-hydrogen) atoms. The van der Waals surface area contributed by atoms with Crippen molar-refractivity contribution >= 4 is 49.1 Å². The molecule has 1 amide bonds. The van der Waals surface area contributed by atoms with Crippen molar-refractivity contribution in [1.82, 2.24) is 4.90 Å². The Balaban J connectivity index is 2.11. The van der Waals surface area contributed by atoms with Crippen LogP contribution in [0.2, 0.25) is 0 Å². The summed E-state index contributed by atoms with van der Waals surface area (Å²) in [7, 11) is 1.92. The number of hydrogen-bond donors (Lipinski definition) is 0. The Morgan fingerprint density at radius 1 is 1.44 bits per heavy atom. The van der Waals surface area contributed by atoms with E-state index < -0.39 is 0 Å². The van der Waals surface area contributed by atoms with Crippen LogP contribution in [0.3, 0.4) is 0 Å². The van der Waals surface area contributed by atoms with E-state index in [2.05, 4.69) is 31.9 Å². The highest BCUT2D eigenvalue weighted by molar-refractivity contribution is 9.13. The van der Waals surface area contributed by atoms with Gasteiger partial charge in [0, 0.05) is 17.6 Å². The molecule has 2 rings (SSSR count). The minimum absolute atomic E-state index is 0.142. The molecule has 1 heterocycles. The molecule has 1 aliphatic rings. The average molecular weight is 367 g/mol. The van der Waals surface area contributed by atoms with Crippen LogP contribution in [0.1, 0.15) is 35.4 Å². The maximum atomic E-state index is 12.2. The van der Waals surface area contributed by atoms with Crippen molar-refractivity contribution < 1.29 is 4.79 Å². The first-order chi connectivity index (χ1) is 7.59. The van der Waals surface area contributed by atoms with Crippen molar-refractivity contribution in [2.24, 2.45) is 0 Å². The van der Waals surface area contributed by atoms with Crippen LogP contribution in [0, 0.1) is 0 Å². The summed E-state index contributed by atoms with van der Waals surface area (Å²) in [6.07, 6.45) is 4.80. The third-order valence-electron chi connectivity index (χ3n) is 3.05. The van der Waals surface area contributed by atoms with E-state index in [9.17, 15) is 4.79 Å². The van der Waals surface area contributed by atoms with Crippen LogP contribution >= 0.6 is 43.2 Å². The van der Waals surface area contributed by atoms with Gasteiger partial charge in [-0.1, -0.05) is 12.8 Å². The number of rotatable bonds is 2. The van der Waals surface area contributed by atoms with Gasteiger partial charge in [0.05, 0.1) is 8.66 Å². The van der Waals surface area contributed by atoms with Gasteiger partial charge in [-0.3, -0.25) is 4.79 Å². The third kappa shape index (κ3) is 2.51. The first-order valence-electron chi connectivity index (χ1n) is 5.31. The Bertz CT molecular complexity index is 379. The number of nitrogens with zero attached hydrogens (tertiary/aromatic N) is 1. The molecule has 1 fully saturated rings. The van der Waals surface area contributed by atoms with E-state index in [4.69, 9.17) is 0 Å². The van der Waals surface area contributed by atoms with Crippen LogP contribution in [0.5, 0.6) is 0 Å². The Morgan fingerprint density at radius 3 is 2.56 bits per heavy atom. The number of thiophene rings is 1. The molecule has 2 nitrogen and oxygen atoms in total. The largest absolute Gasteiger partial charge is 0.338 e. The highest BCUT2D eigenvalue weighted by atomic mass is 79.9. The molecule has 0 saturated heterocycles. The Morgan fingerprint density at radius 2 is 2.06 bits per heavy atom. The van der Waals surface area contributed by atoms with Gasteiger partial charge in [-0.15, -0.1) is 11.3 Å². The van der Waals surface area contributed by atoms with E-state index in [0.29, 0.717) is 6.04 Å². The monoisotopic (exact) mass is 365 g/mol. The molecule has 0 N–H and O–H groups in total. The van der Waals surface area contributed by atoms with Crippen molar-refractivity contribution in [1.29, 1.82) is 0 Å². The molecule has 0 unspecified atom stereocenters. The molecular weight excluding hydrogens is 354 g/mol. The summed E-state index contributed by atoms with van der Waals surface area (Å²) >= 11 is 8.32. The number of carbonyl (C=O) groups is 1. The zero-order valence-electron chi connectivity index (χ0n) is 9.00. The normalized spacial score (nSPS) is 16.7. The second-order valence-corrected chi connectivity index (χ2v) is 7.31. The molecule has 88 valence electrons. The molecule has 5 heteroatoms. The molecule has 0 spiro atoms. The SMILES string of the molecule is CN(C(=O)c1cc(Br)c(Br)s1)C1CCCC1. The first-order valence-corrected chi connectivity index (χ1v) is 7.72. The van der Waals surface area contributed by atoms with E-state index in [-0.39, 0.29) is 5.91 Å². The molecule has 1 aromatic heterocycles. The van der Waals surface area contributed by atoms with Crippen molar-refractivity contribution in [2.45, 2.75) is 31.7 Å². The molecule has 1 aromatic rings. The van der Waals surface area contributed by atoms with Crippen LogP contribution in [-0.4, -0.2) is 23.9 Å². The fraction of sp³-hybridized carbons (Fsp3) is 0.545. The highest BCUT2D eigenvalue weighted by Crippen LogP contribution is 2.33. The fourth-order valence-corrected chi connectivity index (χ4v) is 4.10. The summed E-state index contributed by atoms with van der Waals surface area (Å²) in [5, 5.41) is 0. The lowest BCUT2D eigenvalue weighted by atomic mass is 10.2. The predicted octanol–water partition coefficient (Wildman–Crippen LogP) is 4.29. The van der Waals surface area contributed by atoms with Crippen molar-refractivity contribution in [3.8, 4) is 0 Å². The summed E-state index contributed by atoms with van der Waals surface area (Å²) in [5.41, 5.74) is 0. The lowest BCUT2D eigenvalue weighted by Crippen LogP contribution is -2.34. The van der Waals surface area contributed by atoms with Crippen LogP contribution in [0.4, 0.5) is 0 Å². The van der Waals surface area contributed by atoms with Crippen molar-refractivity contribution in [2.75, 3.05) is 7.05 Å². The topological polar surface area (TPSA) is 20.3 Å². The molecule has 0 bridgehead atoms. The summed E-state index contributed by atoms with van der Waals surface area (Å²) in [5.74, 6) is 0.142. The quantitative estimate of drug-likeness (QED) is 0.764. The lowest BCUT2D eigenvalue weighted by Gasteiger charge is -2.23. The van der Waals surface area contributed by atoms with Gasteiger partial charge >= 0.3 is 0 Å². The molecule has 0 radical (unpaired) electrons. The zero-order valence-corrected chi connectivity index (χ0v) is 13.0.